The van der Waals surface area contributed by atoms with E-state index in [1.807, 2.05) is 0 Å². The largest absolute Gasteiger partial charge is 0.460 e. The van der Waals surface area contributed by atoms with Gasteiger partial charge in [-0.3, -0.25) is 5.32 Å². The maximum atomic E-state index is 15.3. The van der Waals surface area contributed by atoms with Crippen LogP contribution in [0, 0.1) is 0 Å². The van der Waals surface area contributed by atoms with Crippen LogP contribution in [-0.4, -0.2) is 60.3 Å². The SMILES string of the molecule is CO[C@]1(C(F)(F)C(F)(F)C(F)(F)C(F)(F)C(F)(F)C(F)(F)C(F)(F)F)N[C@H]1P(=O)(c1ccccc1)c1ccccc1. The van der Waals surface area contributed by atoms with Gasteiger partial charge in [0, 0.05) is 17.7 Å². The molecule has 0 spiro atoms. The molecule has 0 amide bonds. The quantitative estimate of drug-likeness (QED) is 0.180. The van der Waals surface area contributed by atoms with Crippen molar-refractivity contribution < 1.29 is 75.2 Å². The van der Waals surface area contributed by atoms with E-state index in [2.05, 4.69) is 4.74 Å². The van der Waals surface area contributed by atoms with E-state index < -0.39 is 71.0 Å². The Morgan fingerprint density at radius 2 is 0.951 bits per heavy atom. The van der Waals surface area contributed by atoms with Crippen molar-refractivity contribution in [2.24, 2.45) is 0 Å². The number of benzene rings is 2. The highest BCUT2D eigenvalue weighted by atomic mass is 31.2. The Hall–Kier alpha value is -2.46. The number of hydrogen-bond donors (Lipinski definition) is 1. The van der Waals surface area contributed by atoms with Crippen LogP contribution < -0.4 is 15.9 Å². The lowest BCUT2D eigenvalue weighted by molar-refractivity contribution is -0.457. The molecule has 230 valence electrons. The first kappa shape index (κ1) is 33.0. The van der Waals surface area contributed by atoms with Gasteiger partial charge < -0.3 is 9.30 Å². The van der Waals surface area contributed by atoms with E-state index in [0.717, 1.165) is 24.3 Å². The summed E-state index contributed by atoms with van der Waals surface area (Å²) in [5, 5.41) is 0.637. The molecular formula is C22H15F15NO2P. The van der Waals surface area contributed by atoms with Gasteiger partial charge in [-0.05, 0) is 0 Å². The van der Waals surface area contributed by atoms with Crippen molar-refractivity contribution in [3.63, 3.8) is 0 Å². The van der Waals surface area contributed by atoms with Crippen LogP contribution in [0.5, 0.6) is 0 Å². The summed E-state index contributed by atoms with van der Waals surface area (Å²) in [6.45, 7) is 0. The summed E-state index contributed by atoms with van der Waals surface area (Å²) in [6.07, 6.45) is -7.71. The summed E-state index contributed by atoms with van der Waals surface area (Å²) in [5.74, 6) is -50.5. The molecule has 0 radical (unpaired) electrons. The maximum absolute atomic E-state index is 15.3. The highest BCUT2D eigenvalue weighted by Crippen LogP contribution is 2.69. The average molecular weight is 641 g/mol. The smallest absolute Gasteiger partial charge is 0.356 e. The second-order valence-corrected chi connectivity index (χ2v) is 11.6. The fourth-order valence-corrected chi connectivity index (χ4v) is 7.29. The Morgan fingerprint density at radius 3 is 1.29 bits per heavy atom. The van der Waals surface area contributed by atoms with Crippen molar-refractivity contribution in [1.29, 1.82) is 0 Å². The molecule has 0 aliphatic carbocycles. The van der Waals surface area contributed by atoms with Gasteiger partial charge >= 0.3 is 41.7 Å². The number of methoxy groups -OCH3 is 1. The third-order valence-electron chi connectivity index (χ3n) is 6.41. The van der Waals surface area contributed by atoms with Crippen LogP contribution in [-0.2, 0) is 9.30 Å². The van der Waals surface area contributed by atoms with E-state index in [9.17, 15) is 61.6 Å². The lowest BCUT2D eigenvalue weighted by atomic mass is 9.89. The Labute approximate surface area is 220 Å². The van der Waals surface area contributed by atoms with E-state index in [0.29, 0.717) is 0 Å². The van der Waals surface area contributed by atoms with Crippen molar-refractivity contribution in [3.8, 4) is 0 Å². The number of nitrogens with one attached hydrogen (secondary N) is 1. The molecular weight excluding hydrogens is 626 g/mol. The van der Waals surface area contributed by atoms with E-state index in [4.69, 9.17) is 0 Å². The second-order valence-electron chi connectivity index (χ2n) is 8.76. The molecule has 3 nitrogen and oxygen atoms in total. The van der Waals surface area contributed by atoms with Crippen LogP contribution >= 0.6 is 7.14 Å². The van der Waals surface area contributed by atoms with Crippen LogP contribution in [0.2, 0.25) is 0 Å². The number of hydrogen-bond acceptors (Lipinski definition) is 3. The Balaban J connectivity index is 2.18. The first-order valence-corrected chi connectivity index (χ1v) is 12.5. The third-order valence-corrected chi connectivity index (χ3v) is 9.76. The van der Waals surface area contributed by atoms with E-state index in [1.54, 1.807) is 0 Å². The highest BCUT2D eigenvalue weighted by molar-refractivity contribution is 7.79. The first-order valence-electron chi connectivity index (χ1n) is 10.7. The maximum Gasteiger partial charge on any atom is 0.460 e. The van der Waals surface area contributed by atoms with Gasteiger partial charge in [0.05, 0.1) is 0 Å². The van der Waals surface area contributed by atoms with Crippen molar-refractivity contribution in [1.82, 2.24) is 5.32 Å². The van der Waals surface area contributed by atoms with Gasteiger partial charge in [-0.15, -0.1) is 0 Å². The molecule has 1 fully saturated rings. The van der Waals surface area contributed by atoms with Crippen LogP contribution in [0.3, 0.4) is 0 Å². The number of rotatable bonds is 10. The molecule has 1 saturated heterocycles. The monoisotopic (exact) mass is 641 g/mol. The van der Waals surface area contributed by atoms with Gasteiger partial charge in [-0.2, -0.15) is 65.9 Å². The summed E-state index contributed by atoms with van der Waals surface area (Å²) < 4.78 is 226. The summed E-state index contributed by atoms with van der Waals surface area (Å²) >= 11 is 0. The van der Waals surface area contributed by atoms with Gasteiger partial charge in [-0.25, -0.2) is 0 Å². The van der Waals surface area contributed by atoms with Gasteiger partial charge in [0.25, 0.3) is 0 Å². The van der Waals surface area contributed by atoms with E-state index >= 15 is 8.78 Å². The second kappa shape index (κ2) is 9.53. The molecule has 1 aliphatic heterocycles. The van der Waals surface area contributed by atoms with Crippen molar-refractivity contribution in [2.45, 2.75) is 53.2 Å². The molecule has 0 unspecified atom stereocenters. The first-order chi connectivity index (χ1) is 18.4. The van der Waals surface area contributed by atoms with E-state index in [-0.39, 0.29) is 7.11 Å². The zero-order chi connectivity index (χ0) is 31.7. The summed E-state index contributed by atoms with van der Waals surface area (Å²) in [6, 6.07) is 11.5. The van der Waals surface area contributed by atoms with Gasteiger partial charge in [0.15, 0.2) is 7.14 Å². The average Bonchev–Trinajstić information content (AvgIpc) is 3.65. The van der Waals surface area contributed by atoms with Crippen molar-refractivity contribution in [2.75, 3.05) is 7.11 Å². The fraction of sp³-hybridized carbons (Fsp3) is 0.455. The van der Waals surface area contributed by atoms with Crippen molar-refractivity contribution in [3.05, 3.63) is 60.7 Å². The molecule has 1 N–H and O–H groups in total. The zero-order valence-corrected chi connectivity index (χ0v) is 20.7. The minimum Gasteiger partial charge on any atom is -0.356 e. The lowest BCUT2D eigenvalue weighted by Gasteiger charge is -2.42. The van der Waals surface area contributed by atoms with Gasteiger partial charge in [0.1, 0.15) is 5.78 Å². The standard InChI is InChI=1S/C22H15F15NO2P/c1-40-15(14(38-15)41(39,12-8-4-2-5-9-12)13-10-6-3-7-11-13)16(23,24)17(25,26)18(27,28)19(29,30)20(31,32)21(33,34)22(35,36)37/h2-11,14,38H,1H3/t14-,15+/m0/s1. The molecule has 41 heavy (non-hydrogen) atoms. The molecule has 0 bridgehead atoms. The zero-order valence-electron chi connectivity index (χ0n) is 19.8. The number of halogens is 15. The Bertz CT molecular complexity index is 1260. The van der Waals surface area contributed by atoms with Crippen LogP contribution in [0.1, 0.15) is 0 Å². The summed E-state index contributed by atoms with van der Waals surface area (Å²) in [7, 11) is -4.64. The molecule has 0 saturated carbocycles. The van der Waals surface area contributed by atoms with Gasteiger partial charge in [0.2, 0.25) is 5.72 Å². The minimum absolute atomic E-state index is 0.125. The molecule has 2 aromatic rings. The highest BCUT2D eigenvalue weighted by Gasteiger charge is 2.97. The molecule has 1 aliphatic rings. The van der Waals surface area contributed by atoms with E-state index in [1.165, 1.54) is 41.7 Å². The lowest BCUT2D eigenvalue weighted by Crippen LogP contribution is -2.74. The van der Waals surface area contributed by atoms with Crippen LogP contribution in [0.15, 0.2) is 60.7 Å². The predicted molar refractivity (Wildman–Crippen MR) is 112 cm³/mol. The number of ether oxygens (including phenoxy) is 1. The molecule has 1 heterocycles. The normalized spacial score (nSPS) is 21.6. The summed E-state index contributed by atoms with van der Waals surface area (Å²) in [5.41, 5.74) is -4.32. The predicted octanol–water partition coefficient (Wildman–Crippen LogP) is 6.65. The molecule has 3 rings (SSSR count). The fourth-order valence-electron chi connectivity index (χ4n) is 4.02. The Kier molecular flexibility index (Phi) is 7.68. The van der Waals surface area contributed by atoms with Crippen LogP contribution in [0.4, 0.5) is 65.9 Å². The van der Waals surface area contributed by atoms with Crippen LogP contribution in [0.25, 0.3) is 0 Å². The minimum atomic E-state index is -8.45. The number of alkyl halides is 15. The molecule has 2 atom stereocenters. The van der Waals surface area contributed by atoms with Gasteiger partial charge in [-0.1, -0.05) is 60.7 Å². The molecule has 0 aromatic heterocycles. The summed E-state index contributed by atoms with van der Waals surface area (Å²) in [4.78, 5) is 0. The third kappa shape index (κ3) is 4.18. The topological polar surface area (TPSA) is 48.2 Å². The van der Waals surface area contributed by atoms with Crippen molar-refractivity contribution >= 4 is 17.8 Å². The molecule has 2 aromatic carbocycles. The Morgan fingerprint density at radius 1 is 0.610 bits per heavy atom. The molecule has 19 heteroatoms.